The van der Waals surface area contributed by atoms with Crippen LogP contribution in [0, 0.1) is 12.9 Å². The molecule has 8 nitrogen and oxygen atoms in total. The molecule has 2 aliphatic rings. The molecular formula is C20H20FN7O. The predicted octanol–water partition coefficient (Wildman–Crippen LogP) is 2.17. The van der Waals surface area contributed by atoms with Crippen LogP contribution in [0.1, 0.15) is 12.1 Å². The third kappa shape index (κ3) is 3.13. The molecule has 29 heavy (non-hydrogen) atoms. The van der Waals surface area contributed by atoms with Crippen molar-refractivity contribution in [2.45, 2.75) is 25.7 Å². The van der Waals surface area contributed by atoms with Gasteiger partial charge >= 0.3 is 0 Å². The number of aliphatic hydroxyl groups excluding tert-OH is 1. The highest BCUT2D eigenvalue weighted by atomic mass is 19.1. The first-order valence-corrected chi connectivity index (χ1v) is 9.48. The van der Waals surface area contributed by atoms with E-state index in [2.05, 4.69) is 25.2 Å². The van der Waals surface area contributed by atoms with Gasteiger partial charge in [0.15, 0.2) is 11.6 Å². The summed E-state index contributed by atoms with van der Waals surface area (Å²) < 4.78 is 13.9. The van der Waals surface area contributed by atoms with Gasteiger partial charge in [-0.3, -0.25) is 4.98 Å². The van der Waals surface area contributed by atoms with E-state index in [0.717, 1.165) is 42.1 Å². The zero-order chi connectivity index (χ0) is 20.0. The Bertz CT molecular complexity index is 1060. The van der Waals surface area contributed by atoms with E-state index < -0.39 is 12.3 Å². The molecule has 2 atom stereocenters. The van der Waals surface area contributed by atoms with Crippen LogP contribution in [-0.4, -0.2) is 50.5 Å². The van der Waals surface area contributed by atoms with Crippen LogP contribution >= 0.6 is 0 Å². The molecule has 2 aliphatic heterocycles. The summed E-state index contributed by atoms with van der Waals surface area (Å²) >= 11 is 0. The molecule has 2 bridgehead atoms. The number of nitrogens with one attached hydrogen (secondary N) is 1. The lowest BCUT2D eigenvalue weighted by Gasteiger charge is -2.40. The van der Waals surface area contributed by atoms with E-state index in [-0.39, 0.29) is 11.9 Å². The minimum Gasteiger partial charge on any atom is -0.366 e. The van der Waals surface area contributed by atoms with E-state index in [1.807, 2.05) is 36.1 Å². The van der Waals surface area contributed by atoms with Crippen molar-refractivity contribution in [3.8, 4) is 11.3 Å². The molecule has 9 heteroatoms. The first kappa shape index (κ1) is 17.7. The monoisotopic (exact) mass is 393 g/mol. The Hall–Kier alpha value is -3.33. The minimum absolute atomic E-state index is 0.0617. The SMILES string of the molecule is Cc1cc(-c2ccc3c(n2)N(C(O)Nc2nccnc2F)[C@H]2CCN3C2)ccn1. The summed E-state index contributed by atoms with van der Waals surface area (Å²) in [5.41, 5.74) is 3.60. The molecule has 2 N–H and O–H groups in total. The maximum absolute atomic E-state index is 13.9. The molecule has 0 radical (unpaired) electrons. The summed E-state index contributed by atoms with van der Waals surface area (Å²) in [7, 11) is 0. The van der Waals surface area contributed by atoms with Crippen LogP contribution in [0.2, 0.25) is 0 Å². The molecule has 0 aliphatic carbocycles. The highest BCUT2D eigenvalue weighted by Gasteiger charge is 2.40. The molecule has 5 heterocycles. The predicted molar refractivity (Wildman–Crippen MR) is 107 cm³/mol. The number of rotatable bonds is 4. The second kappa shape index (κ2) is 6.93. The molecule has 3 aromatic heterocycles. The van der Waals surface area contributed by atoms with Crippen LogP contribution in [0.4, 0.5) is 21.7 Å². The molecule has 0 amide bonds. The minimum atomic E-state index is -1.19. The fourth-order valence-corrected chi connectivity index (χ4v) is 4.03. The average molecular weight is 393 g/mol. The number of aromatic nitrogens is 4. The number of halogens is 1. The number of nitrogens with zero attached hydrogens (tertiary/aromatic N) is 6. The number of hydrogen-bond donors (Lipinski definition) is 2. The van der Waals surface area contributed by atoms with Crippen molar-refractivity contribution in [3.05, 3.63) is 54.5 Å². The molecule has 148 valence electrons. The van der Waals surface area contributed by atoms with Crippen molar-refractivity contribution in [1.29, 1.82) is 0 Å². The van der Waals surface area contributed by atoms with Gasteiger partial charge in [-0.05, 0) is 37.6 Å². The van der Waals surface area contributed by atoms with Crippen molar-refractivity contribution in [1.82, 2.24) is 19.9 Å². The Kier molecular flexibility index (Phi) is 4.24. The molecule has 1 saturated heterocycles. The highest BCUT2D eigenvalue weighted by Crippen LogP contribution is 2.40. The summed E-state index contributed by atoms with van der Waals surface area (Å²) in [6.45, 7) is 3.60. The lowest BCUT2D eigenvalue weighted by atomic mass is 10.1. The quantitative estimate of drug-likeness (QED) is 0.652. The van der Waals surface area contributed by atoms with Crippen LogP contribution < -0.4 is 15.1 Å². The fraction of sp³-hybridized carbons (Fsp3) is 0.300. The van der Waals surface area contributed by atoms with Gasteiger partial charge in [0.05, 0.1) is 17.4 Å². The van der Waals surface area contributed by atoms with Crippen molar-refractivity contribution in [2.75, 3.05) is 28.2 Å². The van der Waals surface area contributed by atoms with Gasteiger partial charge in [-0.1, -0.05) is 0 Å². The third-order valence-corrected chi connectivity index (χ3v) is 5.37. The van der Waals surface area contributed by atoms with Crippen molar-refractivity contribution >= 4 is 17.3 Å². The van der Waals surface area contributed by atoms with Gasteiger partial charge in [0.1, 0.15) is 0 Å². The number of hydrogen-bond acceptors (Lipinski definition) is 8. The highest BCUT2D eigenvalue weighted by molar-refractivity contribution is 5.76. The van der Waals surface area contributed by atoms with Gasteiger partial charge in [0.2, 0.25) is 6.35 Å². The largest absolute Gasteiger partial charge is 0.366 e. The summed E-state index contributed by atoms with van der Waals surface area (Å²) in [6.07, 6.45) is 4.09. The second-order valence-corrected chi connectivity index (χ2v) is 7.23. The molecule has 1 fully saturated rings. The molecular weight excluding hydrogens is 373 g/mol. The maximum atomic E-state index is 13.9. The van der Waals surface area contributed by atoms with Gasteiger partial charge in [-0.25, -0.2) is 15.0 Å². The van der Waals surface area contributed by atoms with Crippen LogP contribution in [0.25, 0.3) is 11.3 Å². The number of fused-ring (bicyclic) bond motifs is 4. The molecule has 0 saturated carbocycles. The summed E-state index contributed by atoms with van der Waals surface area (Å²) in [5, 5.41) is 13.7. The first-order valence-electron chi connectivity index (χ1n) is 9.48. The standard InChI is InChI=1S/C20H20FN7O/c1-12-10-13(4-6-22-12)15-2-3-16-19(25-15)28(14-5-9-27(16)11-14)20(29)26-18-17(21)23-7-8-24-18/h2-4,6-8,10,14,20,29H,5,9,11H2,1H3,(H,24,26)/t14-,20?/m0/s1. The van der Waals surface area contributed by atoms with Gasteiger partial charge < -0.3 is 20.2 Å². The first-order chi connectivity index (χ1) is 14.1. The molecule has 1 unspecified atom stereocenters. The van der Waals surface area contributed by atoms with E-state index in [1.54, 1.807) is 6.20 Å². The van der Waals surface area contributed by atoms with E-state index in [9.17, 15) is 9.50 Å². The Morgan fingerprint density at radius 3 is 2.86 bits per heavy atom. The van der Waals surface area contributed by atoms with Gasteiger partial charge in [-0.2, -0.15) is 4.39 Å². The Balaban J connectivity index is 1.54. The van der Waals surface area contributed by atoms with Gasteiger partial charge in [0.25, 0.3) is 5.95 Å². The average Bonchev–Trinajstić information content (AvgIpc) is 3.14. The van der Waals surface area contributed by atoms with Crippen LogP contribution in [0.5, 0.6) is 0 Å². The van der Waals surface area contributed by atoms with Crippen molar-refractivity contribution in [3.63, 3.8) is 0 Å². The van der Waals surface area contributed by atoms with Gasteiger partial charge in [0, 0.05) is 42.9 Å². The van der Waals surface area contributed by atoms with Crippen molar-refractivity contribution < 1.29 is 9.50 Å². The van der Waals surface area contributed by atoms with E-state index in [4.69, 9.17) is 4.98 Å². The molecule has 5 rings (SSSR count). The van der Waals surface area contributed by atoms with Crippen LogP contribution in [0.15, 0.2) is 42.9 Å². The Labute approximate surface area is 167 Å². The lowest BCUT2D eigenvalue weighted by Crippen LogP contribution is -2.52. The van der Waals surface area contributed by atoms with Gasteiger partial charge in [-0.15, -0.1) is 0 Å². The van der Waals surface area contributed by atoms with Crippen molar-refractivity contribution in [2.24, 2.45) is 0 Å². The maximum Gasteiger partial charge on any atom is 0.255 e. The number of aryl methyl sites for hydroxylation is 1. The summed E-state index contributed by atoms with van der Waals surface area (Å²) in [6, 6.07) is 7.95. The number of anilines is 3. The fourth-order valence-electron chi connectivity index (χ4n) is 4.03. The second-order valence-electron chi connectivity index (χ2n) is 7.23. The smallest absolute Gasteiger partial charge is 0.255 e. The van der Waals surface area contributed by atoms with E-state index in [0.29, 0.717) is 5.82 Å². The zero-order valence-electron chi connectivity index (χ0n) is 15.8. The van der Waals surface area contributed by atoms with E-state index >= 15 is 0 Å². The molecule has 0 spiro atoms. The lowest BCUT2D eigenvalue weighted by molar-refractivity contribution is 0.184. The number of aliphatic hydroxyl groups is 1. The Morgan fingerprint density at radius 2 is 2.03 bits per heavy atom. The molecule has 0 aromatic carbocycles. The van der Waals surface area contributed by atoms with E-state index in [1.165, 1.54) is 12.4 Å². The van der Waals surface area contributed by atoms with Crippen LogP contribution in [-0.2, 0) is 0 Å². The topological polar surface area (TPSA) is 90.3 Å². The number of pyridine rings is 2. The normalized spacial score (nSPS) is 18.5. The van der Waals surface area contributed by atoms with Crippen LogP contribution in [0.3, 0.4) is 0 Å². The Morgan fingerprint density at radius 1 is 1.17 bits per heavy atom. The third-order valence-electron chi connectivity index (χ3n) is 5.37. The summed E-state index contributed by atoms with van der Waals surface area (Å²) in [4.78, 5) is 20.7. The zero-order valence-corrected chi connectivity index (χ0v) is 15.8. The molecule has 3 aromatic rings. The summed E-state index contributed by atoms with van der Waals surface area (Å²) in [5.74, 6) is -0.191.